The highest BCUT2D eigenvalue weighted by Crippen LogP contribution is 2.31. The minimum absolute atomic E-state index is 0.000314. The summed E-state index contributed by atoms with van der Waals surface area (Å²) >= 11 is 0. The SMILES string of the molecule is NN(C(=O)c1cccnc1)C(=O)[C@@H]1CC[C@@H]2CN1C(=O)N2OS(=O)(=O)O. The molecule has 2 saturated heterocycles. The van der Waals surface area contributed by atoms with E-state index in [1.807, 2.05) is 0 Å². The summed E-state index contributed by atoms with van der Waals surface area (Å²) in [6, 6.07) is 0.326. The number of aromatic nitrogens is 1. The standard InChI is InChI=1S/C13H15N5O7S/c14-17(11(19)8-2-1-5-15-6-8)12(20)10-4-3-9-7-16(10)13(21)18(9)25-26(22,23)24/h1-2,5-6,9-10H,3-4,7,14H2,(H,22,23,24)/t9-,10+/m1/s1. The van der Waals surface area contributed by atoms with Crippen molar-refractivity contribution in [2.24, 2.45) is 5.84 Å². The van der Waals surface area contributed by atoms with Gasteiger partial charge in [-0.25, -0.2) is 15.6 Å². The van der Waals surface area contributed by atoms with Crippen molar-refractivity contribution >= 4 is 28.2 Å². The molecule has 3 rings (SSSR count). The van der Waals surface area contributed by atoms with Crippen LogP contribution in [0.25, 0.3) is 0 Å². The van der Waals surface area contributed by atoms with Crippen LogP contribution in [-0.4, -0.2) is 69.4 Å². The molecule has 13 heteroatoms. The van der Waals surface area contributed by atoms with Crippen LogP contribution in [0.4, 0.5) is 4.79 Å². The molecule has 2 aliphatic rings. The lowest BCUT2D eigenvalue weighted by atomic mass is 10.00. The smallest absolute Gasteiger partial charge is 0.309 e. The molecule has 3 N–H and O–H groups in total. The van der Waals surface area contributed by atoms with Crippen molar-refractivity contribution in [3.05, 3.63) is 30.1 Å². The summed E-state index contributed by atoms with van der Waals surface area (Å²) in [4.78, 5) is 41.9. The second kappa shape index (κ2) is 6.60. The van der Waals surface area contributed by atoms with Gasteiger partial charge < -0.3 is 4.90 Å². The first-order valence-electron chi connectivity index (χ1n) is 7.49. The first kappa shape index (κ1) is 18.2. The van der Waals surface area contributed by atoms with E-state index in [0.29, 0.717) is 10.1 Å². The minimum atomic E-state index is -4.89. The van der Waals surface area contributed by atoms with E-state index in [2.05, 4.69) is 9.27 Å². The van der Waals surface area contributed by atoms with Crippen LogP contribution in [0.15, 0.2) is 24.5 Å². The van der Waals surface area contributed by atoms with Gasteiger partial charge in [-0.1, -0.05) is 0 Å². The molecule has 4 amide bonds. The van der Waals surface area contributed by atoms with Crippen LogP contribution in [0, 0.1) is 0 Å². The zero-order valence-corrected chi connectivity index (χ0v) is 14.1. The van der Waals surface area contributed by atoms with Gasteiger partial charge in [0.2, 0.25) is 0 Å². The largest absolute Gasteiger partial charge is 0.418 e. The number of hydroxylamine groups is 2. The molecule has 1 aromatic rings. The Morgan fingerprint density at radius 3 is 2.73 bits per heavy atom. The molecular weight excluding hydrogens is 370 g/mol. The number of piperidine rings is 1. The Bertz CT molecular complexity index is 846. The monoisotopic (exact) mass is 385 g/mol. The van der Waals surface area contributed by atoms with E-state index in [1.54, 1.807) is 0 Å². The van der Waals surface area contributed by atoms with Crippen molar-refractivity contribution in [3.8, 4) is 0 Å². The summed E-state index contributed by atoms with van der Waals surface area (Å²) < 4.78 is 34.8. The van der Waals surface area contributed by atoms with Gasteiger partial charge in [-0.3, -0.25) is 19.1 Å². The number of hydrogen-bond acceptors (Lipinski definition) is 8. The molecule has 12 nitrogen and oxygen atoms in total. The van der Waals surface area contributed by atoms with Crippen LogP contribution in [0.2, 0.25) is 0 Å². The Morgan fingerprint density at radius 1 is 1.38 bits per heavy atom. The maximum absolute atomic E-state index is 12.6. The molecule has 2 aliphatic heterocycles. The fraction of sp³-hybridized carbons (Fsp3) is 0.385. The van der Waals surface area contributed by atoms with E-state index in [-0.39, 0.29) is 24.9 Å². The summed E-state index contributed by atoms with van der Waals surface area (Å²) in [5.74, 6) is 4.01. The molecule has 1 aromatic heterocycles. The van der Waals surface area contributed by atoms with E-state index >= 15 is 0 Å². The number of urea groups is 1. The van der Waals surface area contributed by atoms with Gasteiger partial charge in [-0.2, -0.15) is 13.5 Å². The first-order valence-corrected chi connectivity index (χ1v) is 8.85. The van der Waals surface area contributed by atoms with E-state index in [0.717, 1.165) is 4.90 Å². The number of hydrogen-bond donors (Lipinski definition) is 2. The number of fused-ring (bicyclic) bond motifs is 2. The van der Waals surface area contributed by atoms with E-state index in [4.69, 9.17) is 10.4 Å². The van der Waals surface area contributed by atoms with Crippen LogP contribution in [0.1, 0.15) is 23.2 Å². The lowest BCUT2D eigenvalue weighted by Crippen LogP contribution is -2.55. The second-order valence-corrected chi connectivity index (χ2v) is 6.77. The molecule has 0 saturated carbocycles. The summed E-state index contributed by atoms with van der Waals surface area (Å²) in [6.07, 6.45) is 3.07. The third-order valence-electron chi connectivity index (χ3n) is 4.15. The van der Waals surface area contributed by atoms with Crippen molar-refractivity contribution in [1.29, 1.82) is 0 Å². The topological polar surface area (TPSA) is 163 Å². The van der Waals surface area contributed by atoms with Crippen molar-refractivity contribution in [2.45, 2.75) is 24.9 Å². The second-order valence-electron chi connectivity index (χ2n) is 5.77. The highest BCUT2D eigenvalue weighted by Gasteiger charge is 2.50. The molecule has 0 aliphatic carbocycles. The Morgan fingerprint density at radius 2 is 2.12 bits per heavy atom. The summed E-state index contributed by atoms with van der Waals surface area (Å²) in [6.45, 7) is -0.000314. The van der Waals surface area contributed by atoms with Gasteiger partial charge >= 0.3 is 16.4 Å². The van der Waals surface area contributed by atoms with Crippen LogP contribution in [0.3, 0.4) is 0 Å². The quantitative estimate of drug-likeness (QED) is 0.216. The van der Waals surface area contributed by atoms with E-state index < -0.39 is 40.3 Å². The zero-order chi connectivity index (χ0) is 19.1. The number of imide groups is 1. The average molecular weight is 385 g/mol. The number of amides is 4. The van der Waals surface area contributed by atoms with E-state index in [1.165, 1.54) is 24.5 Å². The molecule has 2 atom stereocenters. The number of nitrogens with two attached hydrogens (primary N) is 1. The van der Waals surface area contributed by atoms with Gasteiger partial charge in [0.25, 0.3) is 11.8 Å². The minimum Gasteiger partial charge on any atom is -0.309 e. The lowest BCUT2D eigenvalue weighted by molar-refractivity contribution is -0.134. The lowest BCUT2D eigenvalue weighted by Gasteiger charge is -2.31. The molecule has 26 heavy (non-hydrogen) atoms. The Labute approximate surface area is 148 Å². The third-order valence-corrected chi connectivity index (χ3v) is 4.50. The third kappa shape index (κ3) is 3.37. The van der Waals surface area contributed by atoms with Gasteiger partial charge in [-0.15, -0.1) is 4.28 Å². The Hall–Kier alpha value is -2.61. The molecule has 0 aromatic carbocycles. The number of nitrogens with zero attached hydrogens (tertiary/aromatic N) is 4. The molecular formula is C13H15N5O7S. The molecule has 140 valence electrons. The zero-order valence-electron chi connectivity index (χ0n) is 13.3. The van der Waals surface area contributed by atoms with Crippen molar-refractivity contribution in [3.63, 3.8) is 0 Å². The van der Waals surface area contributed by atoms with Crippen LogP contribution in [0.5, 0.6) is 0 Å². The maximum atomic E-state index is 12.6. The highest BCUT2D eigenvalue weighted by atomic mass is 32.3. The highest BCUT2D eigenvalue weighted by molar-refractivity contribution is 7.80. The van der Waals surface area contributed by atoms with Crippen LogP contribution in [-0.2, 0) is 19.5 Å². The molecule has 3 heterocycles. The number of hydrazine groups is 1. The summed E-state index contributed by atoms with van der Waals surface area (Å²) in [5.41, 5.74) is 0.0983. The molecule has 0 radical (unpaired) electrons. The molecule has 2 fully saturated rings. The van der Waals surface area contributed by atoms with Gasteiger partial charge in [0.1, 0.15) is 6.04 Å². The summed E-state index contributed by atoms with van der Waals surface area (Å²) in [5, 5.41) is 0.911. The van der Waals surface area contributed by atoms with Crippen LogP contribution < -0.4 is 5.84 Å². The van der Waals surface area contributed by atoms with Gasteiger partial charge in [0.15, 0.2) is 0 Å². The number of pyridine rings is 1. The first-order chi connectivity index (χ1) is 12.2. The molecule has 0 spiro atoms. The predicted octanol–water partition coefficient (Wildman–Crippen LogP) is -1.07. The molecule has 0 unspecified atom stereocenters. The number of carbonyl (C=O) groups excluding carboxylic acids is 3. The van der Waals surface area contributed by atoms with Crippen molar-refractivity contribution in [1.82, 2.24) is 20.0 Å². The van der Waals surface area contributed by atoms with Gasteiger partial charge in [-0.05, 0) is 25.0 Å². The maximum Gasteiger partial charge on any atom is 0.418 e. The fourth-order valence-electron chi connectivity index (χ4n) is 2.98. The van der Waals surface area contributed by atoms with Gasteiger partial charge in [0.05, 0.1) is 11.6 Å². The normalized spacial score (nSPS) is 22.5. The summed E-state index contributed by atoms with van der Waals surface area (Å²) in [7, 11) is -4.89. The van der Waals surface area contributed by atoms with Gasteiger partial charge in [0, 0.05) is 18.9 Å². The Balaban J connectivity index is 1.75. The number of carbonyl (C=O) groups is 3. The van der Waals surface area contributed by atoms with Crippen molar-refractivity contribution in [2.75, 3.05) is 6.54 Å². The molecule has 2 bridgehead atoms. The van der Waals surface area contributed by atoms with Crippen LogP contribution >= 0.6 is 0 Å². The van der Waals surface area contributed by atoms with Crippen molar-refractivity contribution < 1.29 is 31.6 Å². The predicted molar refractivity (Wildman–Crippen MR) is 83.0 cm³/mol. The Kier molecular flexibility index (Phi) is 4.62. The average Bonchev–Trinajstić information content (AvgIpc) is 2.84. The van der Waals surface area contributed by atoms with E-state index in [9.17, 15) is 22.8 Å². The number of rotatable bonds is 4. The fourth-order valence-corrected chi connectivity index (χ4v) is 3.37.